The first kappa shape index (κ1) is 23.3. The summed E-state index contributed by atoms with van der Waals surface area (Å²) in [6.45, 7) is 5.93. The standard InChI is InChI=1S/C26H26N6OS/c1-3-32(4-2)22-16-15-19(23(33)17-22)18-27-31-26-30-24(28-20-11-7-5-8-12-20)25(34-26)29-21-13-9-6-10-14-21/h5-18,33H,3-4H2,1-2H3,(H,28,30,31). The number of nitrogens with zero attached hydrogens (tertiary/aromatic N) is 5. The molecule has 8 heteroatoms. The number of aliphatic imine (C=N–C) groups is 3. The number of anilines is 1. The first-order chi connectivity index (χ1) is 16.7. The molecule has 1 aliphatic heterocycles. The van der Waals surface area contributed by atoms with E-state index in [-0.39, 0.29) is 5.75 Å². The maximum absolute atomic E-state index is 10.4. The van der Waals surface area contributed by atoms with Crippen LogP contribution in [0.15, 0.2) is 98.9 Å². The van der Waals surface area contributed by atoms with E-state index in [0.717, 1.165) is 30.2 Å². The fourth-order valence-corrected chi connectivity index (χ4v) is 4.07. The molecule has 3 aromatic carbocycles. The molecular weight excluding hydrogens is 444 g/mol. The van der Waals surface area contributed by atoms with Gasteiger partial charge in [-0.1, -0.05) is 36.4 Å². The second-order valence-electron chi connectivity index (χ2n) is 7.33. The van der Waals surface area contributed by atoms with Crippen molar-refractivity contribution in [3.05, 3.63) is 84.4 Å². The first-order valence-electron chi connectivity index (χ1n) is 11.1. The van der Waals surface area contributed by atoms with Crippen LogP contribution in [0.25, 0.3) is 0 Å². The normalized spacial score (nSPS) is 15.8. The van der Waals surface area contributed by atoms with Crippen LogP contribution in [0.2, 0.25) is 0 Å². The molecule has 1 heterocycles. The van der Waals surface area contributed by atoms with Crippen molar-refractivity contribution in [2.75, 3.05) is 18.0 Å². The molecule has 34 heavy (non-hydrogen) atoms. The predicted octanol–water partition coefficient (Wildman–Crippen LogP) is 5.73. The number of benzene rings is 3. The van der Waals surface area contributed by atoms with E-state index in [1.807, 2.05) is 72.8 Å². The SMILES string of the molecule is CCN(CC)c1ccc(C=NNC2=NC(=Nc3ccccc3)C(=Nc3ccccc3)S2)c(O)c1. The maximum atomic E-state index is 10.4. The van der Waals surface area contributed by atoms with Gasteiger partial charge in [0.2, 0.25) is 0 Å². The van der Waals surface area contributed by atoms with Gasteiger partial charge in [-0.25, -0.2) is 15.0 Å². The number of hydrogen-bond donors (Lipinski definition) is 2. The van der Waals surface area contributed by atoms with Gasteiger partial charge in [-0.2, -0.15) is 5.10 Å². The highest BCUT2D eigenvalue weighted by Gasteiger charge is 2.22. The molecule has 0 aliphatic carbocycles. The number of para-hydroxylation sites is 2. The van der Waals surface area contributed by atoms with Gasteiger partial charge in [0.05, 0.1) is 17.6 Å². The van der Waals surface area contributed by atoms with E-state index in [1.165, 1.54) is 11.8 Å². The molecule has 0 atom stereocenters. The van der Waals surface area contributed by atoms with Gasteiger partial charge in [0.25, 0.3) is 0 Å². The lowest BCUT2D eigenvalue weighted by Crippen LogP contribution is -2.21. The Morgan fingerprint density at radius 1 is 0.912 bits per heavy atom. The van der Waals surface area contributed by atoms with Crippen molar-refractivity contribution in [1.82, 2.24) is 5.43 Å². The van der Waals surface area contributed by atoms with E-state index < -0.39 is 0 Å². The number of hydrogen-bond acceptors (Lipinski definition) is 7. The van der Waals surface area contributed by atoms with Gasteiger partial charge >= 0.3 is 0 Å². The molecule has 0 fully saturated rings. The molecule has 0 saturated heterocycles. The number of hydrazone groups is 1. The highest BCUT2D eigenvalue weighted by atomic mass is 32.2. The quantitative estimate of drug-likeness (QED) is 0.341. The number of phenols is 1. The summed E-state index contributed by atoms with van der Waals surface area (Å²) in [6.07, 6.45) is 1.57. The molecule has 0 radical (unpaired) electrons. The summed E-state index contributed by atoms with van der Waals surface area (Å²) in [6, 6.07) is 24.9. The third kappa shape index (κ3) is 5.90. The third-order valence-electron chi connectivity index (χ3n) is 5.08. The summed E-state index contributed by atoms with van der Waals surface area (Å²) in [5.74, 6) is 0.692. The second kappa shape index (κ2) is 11.3. The van der Waals surface area contributed by atoms with Crippen molar-refractivity contribution in [3.8, 4) is 5.75 Å². The van der Waals surface area contributed by atoms with E-state index in [0.29, 0.717) is 21.6 Å². The van der Waals surface area contributed by atoms with Gasteiger partial charge < -0.3 is 10.0 Å². The average molecular weight is 471 g/mol. The van der Waals surface area contributed by atoms with Crippen LogP contribution in [0.3, 0.4) is 0 Å². The minimum atomic E-state index is 0.175. The van der Waals surface area contributed by atoms with Crippen LogP contribution in [-0.4, -0.2) is 40.5 Å². The summed E-state index contributed by atoms with van der Waals surface area (Å²) in [5, 5.41) is 15.9. The third-order valence-corrected chi connectivity index (χ3v) is 5.92. The van der Waals surface area contributed by atoms with Crippen LogP contribution in [0.4, 0.5) is 17.1 Å². The molecule has 0 amide bonds. The molecule has 7 nitrogen and oxygen atoms in total. The zero-order valence-electron chi connectivity index (χ0n) is 19.1. The van der Waals surface area contributed by atoms with E-state index in [9.17, 15) is 5.11 Å². The average Bonchev–Trinajstić information content (AvgIpc) is 3.23. The van der Waals surface area contributed by atoms with Crippen LogP contribution in [0.1, 0.15) is 19.4 Å². The number of amidine groups is 2. The summed E-state index contributed by atoms with van der Waals surface area (Å²) >= 11 is 1.36. The van der Waals surface area contributed by atoms with Crippen molar-refractivity contribution >= 4 is 51.1 Å². The molecule has 0 spiro atoms. The minimum Gasteiger partial charge on any atom is -0.507 e. The number of phenolic OH excluding ortho intramolecular Hbond substituents is 1. The molecule has 0 unspecified atom stereocenters. The molecule has 3 aromatic rings. The highest BCUT2D eigenvalue weighted by Crippen LogP contribution is 2.25. The van der Waals surface area contributed by atoms with Crippen LogP contribution >= 0.6 is 11.8 Å². The Kier molecular flexibility index (Phi) is 7.72. The molecule has 0 aromatic heterocycles. The van der Waals surface area contributed by atoms with E-state index >= 15 is 0 Å². The zero-order chi connectivity index (χ0) is 23.8. The smallest absolute Gasteiger partial charge is 0.190 e. The molecule has 1 aliphatic rings. The molecule has 2 N–H and O–H groups in total. The monoisotopic (exact) mass is 470 g/mol. The van der Waals surface area contributed by atoms with Crippen molar-refractivity contribution in [2.24, 2.45) is 20.1 Å². The van der Waals surface area contributed by atoms with E-state index in [4.69, 9.17) is 4.99 Å². The van der Waals surface area contributed by atoms with E-state index in [1.54, 1.807) is 12.3 Å². The van der Waals surface area contributed by atoms with Crippen LogP contribution in [0, 0.1) is 0 Å². The van der Waals surface area contributed by atoms with Crippen molar-refractivity contribution in [2.45, 2.75) is 13.8 Å². The molecule has 0 bridgehead atoms. The summed E-state index contributed by atoms with van der Waals surface area (Å²) in [4.78, 5) is 16.1. The van der Waals surface area contributed by atoms with Crippen LogP contribution in [-0.2, 0) is 0 Å². The van der Waals surface area contributed by atoms with Crippen molar-refractivity contribution < 1.29 is 5.11 Å². The number of thioether (sulfide) groups is 1. The highest BCUT2D eigenvalue weighted by molar-refractivity contribution is 8.28. The largest absolute Gasteiger partial charge is 0.507 e. The molecule has 0 saturated carbocycles. The zero-order valence-corrected chi connectivity index (χ0v) is 19.9. The molecule has 172 valence electrons. The first-order valence-corrected chi connectivity index (χ1v) is 11.9. The Hall–Kier alpha value is -3.91. The van der Waals surface area contributed by atoms with Gasteiger partial charge in [0.1, 0.15) is 10.8 Å². The van der Waals surface area contributed by atoms with Crippen molar-refractivity contribution in [1.29, 1.82) is 0 Å². The van der Waals surface area contributed by atoms with E-state index in [2.05, 4.69) is 39.3 Å². The Labute approximate surface area is 203 Å². The van der Waals surface area contributed by atoms with Crippen LogP contribution < -0.4 is 10.3 Å². The fraction of sp³-hybridized carbons (Fsp3) is 0.154. The Balaban J connectivity index is 1.53. The summed E-state index contributed by atoms with van der Waals surface area (Å²) in [7, 11) is 0. The number of rotatable bonds is 7. The Bertz CT molecular complexity index is 1230. The number of aromatic hydroxyl groups is 1. The lowest BCUT2D eigenvalue weighted by molar-refractivity contribution is 0.474. The van der Waals surface area contributed by atoms with Crippen LogP contribution in [0.5, 0.6) is 5.75 Å². The molecule has 4 rings (SSSR count). The summed E-state index contributed by atoms with van der Waals surface area (Å²) in [5.41, 5.74) is 6.16. The van der Waals surface area contributed by atoms with Gasteiger partial charge in [-0.3, -0.25) is 5.43 Å². The van der Waals surface area contributed by atoms with Gasteiger partial charge in [0, 0.05) is 30.4 Å². The Morgan fingerprint density at radius 3 is 2.18 bits per heavy atom. The Morgan fingerprint density at radius 2 is 1.56 bits per heavy atom. The van der Waals surface area contributed by atoms with Crippen molar-refractivity contribution in [3.63, 3.8) is 0 Å². The van der Waals surface area contributed by atoms with Gasteiger partial charge in [0.15, 0.2) is 11.0 Å². The molecular formula is C26H26N6OS. The predicted molar refractivity (Wildman–Crippen MR) is 144 cm³/mol. The van der Waals surface area contributed by atoms with Gasteiger partial charge in [-0.05, 0) is 62.0 Å². The van der Waals surface area contributed by atoms with Gasteiger partial charge in [-0.15, -0.1) is 0 Å². The lowest BCUT2D eigenvalue weighted by atomic mass is 10.2. The topological polar surface area (TPSA) is 84.9 Å². The maximum Gasteiger partial charge on any atom is 0.190 e. The number of nitrogens with one attached hydrogen (secondary N) is 1. The second-order valence-corrected chi connectivity index (χ2v) is 8.31. The lowest BCUT2D eigenvalue weighted by Gasteiger charge is -2.21. The summed E-state index contributed by atoms with van der Waals surface area (Å²) < 4.78 is 0. The minimum absolute atomic E-state index is 0.175. The fourth-order valence-electron chi connectivity index (χ4n) is 3.33.